The van der Waals surface area contributed by atoms with Crippen LogP contribution >= 0.6 is 11.3 Å². The van der Waals surface area contributed by atoms with Crippen molar-refractivity contribution in [3.05, 3.63) is 70.2 Å². The second-order valence-electron chi connectivity index (χ2n) is 6.38. The lowest BCUT2D eigenvalue weighted by molar-refractivity contribution is -0.142. The maximum Gasteiger partial charge on any atom is 0.433 e. The van der Waals surface area contributed by atoms with E-state index in [1.807, 2.05) is 0 Å². The number of nitrogens with zero attached hydrogens (tertiary/aromatic N) is 4. The number of carbonyl (C=O) groups excluding carboxylic acids is 1. The standard InChI is InChI=1S/C20H14F3N5O3S/c1-30-12-6-4-11(5-7-12)14-9-16(20(21,22)23)28-18(26-14)13(10-25-28)19(29)31-27-17(24)15-3-2-8-32-15/h2-10H,1H3,(H2,24,27). The van der Waals surface area contributed by atoms with Gasteiger partial charge >= 0.3 is 12.1 Å². The molecular formula is C20H14F3N5O3S. The van der Waals surface area contributed by atoms with Crippen molar-refractivity contribution >= 4 is 28.8 Å². The van der Waals surface area contributed by atoms with Crippen molar-refractivity contribution in [3.8, 4) is 17.0 Å². The number of fused-ring (bicyclic) bond motifs is 1. The third kappa shape index (κ3) is 4.12. The molecule has 32 heavy (non-hydrogen) atoms. The summed E-state index contributed by atoms with van der Waals surface area (Å²) in [4.78, 5) is 22.1. The normalized spacial score (nSPS) is 12.2. The molecular weight excluding hydrogens is 447 g/mol. The van der Waals surface area contributed by atoms with Crippen LogP contribution in [0.1, 0.15) is 20.9 Å². The van der Waals surface area contributed by atoms with Gasteiger partial charge in [-0.2, -0.15) is 18.3 Å². The fourth-order valence-electron chi connectivity index (χ4n) is 2.83. The predicted molar refractivity (Wildman–Crippen MR) is 110 cm³/mol. The van der Waals surface area contributed by atoms with Crippen LogP contribution in [-0.2, 0) is 11.0 Å². The number of aromatic nitrogens is 3. The summed E-state index contributed by atoms with van der Waals surface area (Å²) in [5.74, 6) is -0.569. The van der Waals surface area contributed by atoms with Crippen LogP contribution in [0.15, 0.2) is 59.2 Å². The number of thiophene rings is 1. The maximum absolute atomic E-state index is 13.7. The molecule has 0 radical (unpaired) electrons. The van der Waals surface area contributed by atoms with E-state index < -0.39 is 17.8 Å². The molecule has 0 amide bonds. The van der Waals surface area contributed by atoms with Crippen LogP contribution in [0, 0.1) is 0 Å². The van der Waals surface area contributed by atoms with Crippen LogP contribution in [0.3, 0.4) is 0 Å². The molecule has 0 saturated heterocycles. The number of rotatable bonds is 5. The van der Waals surface area contributed by atoms with Crippen LogP contribution < -0.4 is 10.5 Å². The molecule has 2 N–H and O–H groups in total. The molecule has 4 aromatic rings. The lowest BCUT2D eigenvalue weighted by atomic mass is 10.1. The summed E-state index contributed by atoms with van der Waals surface area (Å²) < 4.78 is 46.7. The lowest BCUT2D eigenvalue weighted by Crippen LogP contribution is -2.15. The fourth-order valence-corrected chi connectivity index (χ4v) is 3.45. The number of amidine groups is 1. The Morgan fingerprint density at radius 2 is 1.97 bits per heavy atom. The molecule has 0 spiro atoms. The highest BCUT2D eigenvalue weighted by Gasteiger charge is 2.36. The molecule has 4 rings (SSSR count). The zero-order valence-electron chi connectivity index (χ0n) is 16.3. The Kier molecular flexibility index (Phi) is 5.53. The van der Waals surface area contributed by atoms with E-state index in [0.717, 1.165) is 12.3 Å². The second kappa shape index (κ2) is 8.30. The van der Waals surface area contributed by atoms with Gasteiger partial charge in [0.05, 0.1) is 23.9 Å². The molecule has 3 aromatic heterocycles. The molecule has 0 bridgehead atoms. The minimum absolute atomic E-state index is 0.0105. The van der Waals surface area contributed by atoms with Crippen molar-refractivity contribution < 1.29 is 27.5 Å². The number of oxime groups is 1. The van der Waals surface area contributed by atoms with E-state index in [4.69, 9.17) is 15.3 Å². The third-order valence-electron chi connectivity index (χ3n) is 4.37. The molecule has 0 saturated carbocycles. The van der Waals surface area contributed by atoms with Gasteiger partial charge in [-0.05, 0) is 41.8 Å². The summed E-state index contributed by atoms with van der Waals surface area (Å²) in [5.41, 5.74) is 4.39. The van der Waals surface area contributed by atoms with Gasteiger partial charge in [-0.15, -0.1) is 11.3 Å². The van der Waals surface area contributed by atoms with Crippen molar-refractivity contribution in [2.24, 2.45) is 10.9 Å². The van der Waals surface area contributed by atoms with Crippen molar-refractivity contribution in [1.82, 2.24) is 14.6 Å². The molecule has 0 atom stereocenters. The number of carbonyl (C=O) groups is 1. The Morgan fingerprint density at radius 1 is 1.22 bits per heavy atom. The Bertz CT molecular complexity index is 1300. The van der Waals surface area contributed by atoms with Gasteiger partial charge in [0, 0.05) is 5.56 Å². The molecule has 1 aromatic carbocycles. The number of hydrogen-bond acceptors (Lipinski definition) is 7. The summed E-state index contributed by atoms with van der Waals surface area (Å²) in [5, 5.41) is 8.99. The van der Waals surface area contributed by atoms with Gasteiger partial charge in [-0.3, -0.25) is 0 Å². The van der Waals surface area contributed by atoms with Gasteiger partial charge < -0.3 is 15.3 Å². The minimum atomic E-state index is -4.75. The smallest absolute Gasteiger partial charge is 0.433 e. The van der Waals surface area contributed by atoms with E-state index in [1.54, 1.807) is 41.8 Å². The highest BCUT2D eigenvalue weighted by Crippen LogP contribution is 2.33. The number of nitrogens with two attached hydrogens (primary N) is 1. The van der Waals surface area contributed by atoms with Crippen molar-refractivity contribution in [3.63, 3.8) is 0 Å². The average molecular weight is 461 g/mol. The Balaban J connectivity index is 1.77. The maximum atomic E-state index is 13.7. The molecule has 0 aliphatic rings. The summed E-state index contributed by atoms with van der Waals surface area (Å²) in [6, 6.07) is 10.5. The fraction of sp³-hybridized carbons (Fsp3) is 0.100. The molecule has 0 aliphatic carbocycles. The van der Waals surface area contributed by atoms with Crippen molar-refractivity contribution in [2.45, 2.75) is 6.18 Å². The Labute approximate surface area is 182 Å². The van der Waals surface area contributed by atoms with Crippen molar-refractivity contribution in [1.29, 1.82) is 0 Å². The topological polar surface area (TPSA) is 104 Å². The molecule has 8 nitrogen and oxygen atoms in total. The van der Waals surface area contributed by atoms with Gasteiger partial charge in [0.1, 0.15) is 11.3 Å². The van der Waals surface area contributed by atoms with Crippen LogP contribution in [0.25, 0.3) is 16.9 Å². The summed E-state index contributed by atoms with van der Waals surface area (Å²) in [6.45, 7) is 0. The first kappa shape index (κ1) is 21.3. The number of halogens is 3. The minimum Gasteiger partial charge on any atom is -0.497 e. The third-order valence-corrected chi connectivity index (χ3v) is 5.26. The van der Waals surface area contributed by atoms with E-state index in [0.29, 0.717) is 20.7 Å². The number of benzene rings is 1. The number of alkyl halides is 3. The predicted octanol–water partition coefficient (Wildman–Crippen LogP) is 3.96. The molecule has 3 heterocycles. The number of hydrogen-bond donors (Lipinski definition) is 1. The molecule has 164 valence electrons. The first-order chi connectivity index (χ1) is 15.3. The highest BCUT2D eigenvalue weighted by molar-refractivity contribution is 7.12. The zero-order chi connectivity index (χ0) is 22.9. The summed E-state index contributed by atoms with van der Waals surface area (Å²) in [7, 11) is 1.47. The quantitative estimate of drug-likeness (QED) is 0.209. The SMILES string of the molecule is COc1ccc(-c2cc(C(F)(F)F)n3ncc(C(=O)O/N=C(\N)c4cccs4)c3n2)cc1. The van der Waals surface area contributed by atoms with Crippen molar-refractivity contribution in [2.75, 3.05) is 7.11 Å². The lowest BCUT2D eigenvalue weighted by Gasteiger charge is -2.11. The molecule has 12 heteroatoms. The summed E-state index contributed by atoms with van der Waals surface area (Å²) >= 11 is 1.28. The number of methoxy groups -OCH3 is 1. The van der Waals surface area contributed by atoms with Crippen LogP contribution in [0.5, 0.6) is 5.75 Å². The van der Waals surface area contributed by atoms with E-state index >= 15 is 0 Å². The molecule has 0 aliphatic heterocycles. The highest BCUT2D eigenvalue weighted by atomic mass is 32.1. The van der Waals surface area contributed by atoms with E-state index in [9.17, 15) is 18.0 Å². The van der Waals surface area contributed by atoms with Gasteiger partial charge in [0.25, 0.3) is 0 Å². The first-order valence-electron chi connectivity index (χ1n) is 8.97. The average Bonchev–Trinajstić information content (AvgIpc) is 3.46. The first-order valence-corrected chi connectivity index (χ1v) is 9.85. The second-order valence-corrected chi connectivity index (χ2v) is 7.33. The zero-order valence-corrected chi connectivity index (χ0v) is 17.1. The van der Waals surface area contributed by atoms with E-state index in [-0.39, 0.29) is 22.7 Å². The Hall–Kier alpha value is -3.93. The van der Waals surface area contributed by atoms with Crippen LogP contribution in [0.4, 0.5) is 13.2 Å². The van der Waals surface area contributed by atoms with E-state index in [2.05, 4.69) is 15.2 Å². The van der Waals surface area contributed by atoms with E-state index in [1.165, 1.54) is 18.4 Å². The van der Waals surface area contributed by atoms with Gasteiger partial charge in [0.2, 0.25) is 0 Å². The number of ether oxygens (including phenoxy) is 1. The molecule has 0 fully saturated rings. The van der Waals surface area contributed by atoms with Gasteiger partial charge in [-0.25, -0.2) is 14.3 Å². The van der Waals surface area contributed by atoms with Gasteiger partial charge in [0.15, 0.2) is 17.2 Å². The Morgan fingerprint density at radius 3 is 2.59 bits per heavy atom. The van der Waals surface area contributed by atoms with Crippen LogP contribution in [0.2, 0.25) is 0 Å². The molecule has 0 unspecified atom stereocenters. The summed E-state index contributed by atoms with van der Waals surface area (Å²) in [6.07, 6.45) is -3.81. The largest absolute Gasteiger partial charge is 0.497 e. The monoisotopic (exact) mass is 461 g/mol. The van der Waals surface area contributed by atoms with Crippen LogP contribution in [-0.4, -0.2) is 33.5 Å². The van der Waals surface area contributed by atoms with Gasteiger partial charge in [-0.1, -0.05) is 11.2 Å².